The Morgan fingerprint density at radius 2 is 2.00 bits per heavy atom. The molecule has 0 atom stereocenters. The van der Waals surface area contributed by atoms with Gasteiger partial charge in [-0.25, -0.2) is 0 Å². The lowest BCUT2D eigenvalue weighted by Crippen LogP contribution is -2.30. The van der Waals surface area contributed by atoms with Crippen molar-refractivity contribution < 1.29 is 0 Å². The molecule has 1 saturated heterocycles. The molecule has 2 heterocycles. The van der Waals surface area contributed by atoms with Gasteiger partial charge in [-0.2, -0.15) is 4.80 Å². The number of piperidine rings is 1. The number of nitrogens with zero attached hydrogens (tertiary/aromatic N) is 4. The summed E-state index contributed by atoms with van der Waals surface area (Å²) in [4.78, 5) is 1.78. The molecule has 1 fully saturated rings. The lowest BCUT2D eigenvalue weighted by atomic mass is 10.1. The van der Waals surface area contributed by atoms with Gasteiger partial charge in [-0.05, 0) is 43.6 Å². The maximum absolute atomic E-state index is 4.53. The highest BCUT2D eigenvalue weighted by atomic mass is 15.6. The molecule has 5 heteroatoms. The van der Waals surface area contributed by atoms with Crippen LogP contribution in [0.1, 0.15) is 24.4 Å². The van der Waals surface area contributed by atoms with Crippen molar-refractivity contribution >= 4 is 0 Å². The summed E-state index contributed by atoms with van der Waals surface area (Å²) in [5, 5.41) is 16.3. The fourth-order valence-corrected chi connectivity index (χ4v) is 2.35. The van der Waals surface area contributed by atoms with Crippen LogP contribution in [0.2, 0.25) is 0 Å². The standard InChI is InChI=1S/C13H17N5/c1-10-4-2-3-5-12(10)13-15-17-18(16-13)11-6-8-14-9-7-11/h2-5,11,14H,6-9H2,1H3. The zero-order valence-electron chi connectivity index (χ0n) is 10.5. The maximum atomic E-state index is 4.53. The first-order chi connectivity index (χ1) is 8.84. The van der Waals surface area contributed by atoms with Crippen LogP contribution in [0.5, 0.6) is 0 Å². The van der Waals surface area contributed by atoms with Crippen LogP contribution in [-0.4, -0.2) is 33.3 Å². The molecule has 1 aromatic heterocycles. The van der Waals surface area contributed by atoms with Crippen molar-refractivity contribution in [2.24, 2.45) is 0 Å². The van der Waals surface area contributed by atoms with Crippen LogP contribution in [0, 0.1) is 6.92 Å². The second-order valence-corrected chi connectivity index (χ2v) is 4.73. The first-order valence-corrected chi connectivity index (χ1v) is 6.41. The lowest BCUT2D eigenvalue weighted by molar-refractivity contribution is 0.309. The molecular formula is C13H17N5. The minimum absolute atomic E-state index is 0.386. The maximum Gasteiger partial charge on any atom is 0.205 e. The van der Waals surface area contributed by atoms with Gasteiger partial charge in [0.15, 0.2) is 0 Å². The Morgan fingerprint density at radius 1 is 1.22 bits per heavy atom. The minimum atomic E-state index is 0.386. The van der Waals surface area contributed by atoms with Gasteiger partial charge in [0.25, 0.3) is 0 Å². The number of hydrogen-bond acceptors (Lipinski definition) is 4. The van der Waals surface area contributed by atoms with E-state index in [4.69, 9.17) is 0 Å². The minimum Gasteiger partial charge on any atom is -0.317 e. The molecule has 1 aromatic carbocycles. The fourth-order valence-electron chi connectivity index (χ4n) is 2.35. The van der Waals surface area contributed by atoms with E-state index in [0.29, 0.717) is 6.04 Å². The van der Waals surface area contributed by atoms with Gasteiger partial charge in [-0.15, -0.1) is 10.2 Å². The van der Waals surface area contributed by atoms with Gasteiger partial charge in [0.2, 0.25) is 5.82 Å². The molecule has 1 aliphatic rings. The monoisotopic (exact) mass is 243 g/mol. The normalized spacial score (nSPS) is 16.9. The Bertz CT molecular complexity index is 528. The zero-order valence-corrected chi connectivity index (χ0v) is 10.5. The predicted octanol–water partition coefficient (Wildman–Crippen LogP) is 1.57. The van der Waals surface area contributed by atoms with E-state index < -0.39 is 0 Å². The largest absolute Gasteiger partial charge is 0.317 e. The van der Waals surface area contributed by atoms with Crippen LogP contribution in [0.3, 0.4) is 0 Å². The van der Waals surface area contributed by atoms with Crippen molar-refractivity contribution in [3.63, 3.8) is 0 Å². The van der Waals surface area contributed by atoms with Crippen LogP contribution >= 0.6 is 0 Å². The number of nitrogens with one attached hydrogen (secondary N) is 1. The molecule has 0 saturated carbocycles. The third-order valence-corrected chi connectivity index (χ3v) is 3.45. The van der Waals surface area contributed by atoms with Crippen LogP contribution < -0.4 is 5.32 Å². The molecule has 18 heavy (non-hydrogen) atoms. The molecule has 0 spiro atoms. The van der Waals surface area contributed by atoms with Crippen LogP contribution in [-0.2, 0) is 0 Å². The van der Waals surface area contributed by atoms with Crippen LogP contribution in [0.4, 0.5) is 0 Å². The van der Waals surface area contributed by atoms with E-state index in [1.807, 2.05) is 18.2 Å². The highest BCUT2D eigenvalue weighted by Crippen LogP contribution is 2.21. The number of aromatic nitrogens is 4. The van der Waals surface area contributed by atoms with E-state index in [1.54, 1.807) is 4.80 Å². The van der Waals surface area contributed by atoms with Crippen molar-refractivity contribution in [3.05, 3.63) is 29.8 Å². The summed E-state index contributed by atoms with van der Waals surface area (Å²) in [6.07, 6.45) is 2.15. The molecular weight excluding hydrogens is 226 g/mol. The topological polar surface area (TPSA) is 55.6 Å². The smallest absolute Gasteiger partial charge is 0.205 e. The number of tetrazole rings is 1. The van der Waals surface area contributed by atoms with Crippen molar-refractivity contribution in [2.75, 3.05) is 13.1 Å². The number of benzene rings is 1. The summed E-state index contributed by atoms with van der Waals surface area (Å²) >= 11 is 0. The van der Waals surface area contributed by atoms with E-state index in [1.165, 1.54) is 5.56 Å². The van der Waals surface area contributed by atoms with Gasteiger partial charge >= 0.3 is 0 Å². The van der Waals surface area contributed by atoms with E-state index in [-0.39, 0.29) is 0 Å². The highest BCUT2D eigenvalue weighted by Gasteiger charge is 2.18. The molecule has 0 aliphatic carbocycles. The van der Waals surface area contributed by atoms with Gasteiger partial charge in [0.05, 0.1) is 6.04 Å². The quantitative estimate of drug-likeness (QED) is 0.870. The van der Waals surface area contributed by atoms with Gasteiger partial charge in [0.1, 0.15) is 0 Å². The molecule has 2 aromatic rings. The Hall–Kier alpha value is -1.75. The first-order valence-electron chi connectivity index (χ1n) is 6.41. The van der Waals surface area contributed by atoms with Gasteiger partial charge < -0.3 is 5.32 Å². The van der Waals surface area contributed by atoms with E-state index >= 15 is 0 Å². The Kier molecular flexibility index (Phi) is 3.06. The second-order valence-electron chi connectivity index (χ2n) is 4.73. The van der Waals surface area contributed by atoms with Crippen molar-refractivity contribution in [2.45, 2.75) is 25.8 Å². The predicted molar refractivity (Wildman–Crippen MR) is 69.1 cm³/mol. The Balaban J connectivity index is 1.87. The number of rotatable bonds is 2. The van der Waals surface area contributed by atoms with E-state index in [2.05, 4.69) is 33.7 Å². The summed E-state index contributed by atoms with van der Waals surface area (Å²) in [6, 6.07) is 8.53. The molecule has 0 amide bonds. The number of hydrogen-bond donors (Lipinski definition) is 1. The highest BCUT2D eigenvalue weighted by molar-refractivity contribution is 5.58. The molecule has 3 rings (SSSR count). The molecule has 0 bridgehead atoms. The molecule has 0 unspecified atom stereocenters. The van der Waals surface area contributed by atoms with Crippen LogP contribution in [0.25, 0.3) is 11.4 Å². The number of aryl methyl sites for hydroxylation is 1. The summed E-state index contributed by atoms with van der Waals surface area (Å²) in [5.41, 5.74) is 2.25. The van der Waals surface area contributed by atoms with Gasteiger partial charge in [-0.3, -0.25) is 0 Å². The lowest BCUT2D eigenvalue weighted by Gasteiger charge is -2.20. The summed E-state index contributed by atoms with van der Waals surface area (Å²) < 4.78 is 0. The van der Waals surface area contributed by atoms with Crippen molar-refractivity contribution in [3.8, 4) is 11.4 Å². The summed E-state index contributed by atoms with van der Waals surface area (Å²) in [6.45, 7) is 4.14. The first kappa shape index (κ1) is 11.3. The summed E-state index contributed by atoms with van der Waals surface area (Å²) in [5.74, 6) is 0.728. The van der Waals surface area contributed by atoms with Crippen molar-refractivity contribution in [1.82, 2.24) is 25.5 Å². The average molecular weight is 243 g/mol. The van der Waals surface area contributed by atoms with Crippen LogP contribution in [0.15, 0.2) is 24.3 Å². The second kappa shape index (κ2) is 4.86. The molecule has 0 radical (unpaired) electrons. The third kappa shape index (κ3) is 2.13. The Morgan fingerprint density at radius 3 is 2.78 bits per heavy atom. The van der Waals surface area contributed by atoms with E-state index in [0.717, 1.165) is 37.3 Å². The Labute approximate surface area is 106 Å². The van der Waals surface area contributed by atoms with Gasteiger partial charge in [0, 0.05) is 5.56 Å². The fraction of sp³-hybridized carbons (Fsp3) is 0.462. The third-order valence-electron chi connectivity index (χ3n) is 3.45. The summed E-state index contributed by atoms with van der Waals surface area (Å²) in [7, 11) is 0. The molecule has 1 N–H and O–H groups in total. The molecule has 1 aliphatic heterocycles. The molecule has 94 valence electrons. The SMILES string of the molecule is Cc1ccccc1-c1nnn(C2CCNCC2)n1. The van der Waals surface area contributed by atoms with E-state index in [9.17, 15) is 0 Å². The molecule has 5 nitrogen and oxygen atoms in total. The van der Waals surface area contributed by atoms with Crippen molar-refractivity contribution in [1.29, 1.82) is 0 Å². The average Bonchev–Trinajstić information content (AvgIpc) is 2.90. The van der Waals surface area contributed by atoms with Gasteiger partial charge in [-0.1, -0.05) is 24.3 Å². The zero-order chi connectivity index (χ0) is 12.4.